The van der Waals surface area contributed by atoms with Crippen molar-refractivity contribution in [1.29, 1.82) is 0 Å². The molecule has 10 heteroatoms. The van der Waals surface area contributed by atoms with E-state index in [0.717, 1.165) is 6.07 Å². The Bertz CT molecular complexity index is 1460. The maximum absolute atomic E-state index is 13.4. The number of halogens is 4. The zero-order valence-electron chi connectivity index (χ0n) is 18.7. The smallest absolute Gasteiger partial charge is 0.418 e. The number of hydrogen-bond donors (Lipinski definition) is 3. The Labute approximate surface area is 203 Å². The second-order valence-electron chi connectivity index (χ2n) is 8.85. The van der Waals surface area contributed by atoms with Crippen molar-refractivity contribution >= 4 is 45.9 Å². The highest BCUT2D eigenvalue weighted by atomic mass is 35.5. The quantitative estimate of drug-likeness (QED) is 0.283. The molecule has 3 aromatic carbocycles. The zero-order valence-corrected chi connectivity index (χ0v) is 19.4. The number of imidazole rings is 1. The number of para-hydroxylation sites is 2. The number of ether oxygens (including phenoxy) is 1. The van der Waals surface area contributed by atoms with Crippen LogP contribution in [0.1, 0.15) is 35.3 Å². The van der Waals surface area contributed by atoms with E-state index in [1.54, 1.807) is 18.2 Å². The predicted octanol–water partition coefficient (Wildman–Crippen LogP) is 6.94. The summed E-state index contributed by atoms with van der Waals surface area (Å²) in [5.74, 6) is -0.00646. The molecule has 0 saturated carbocycles. The number of rotatable bonds is 4. The van der Waals surface area contributed by atoms with E-state index in [1.807, 2.05) is 19.9 Å². The van der Waals surface area contributed by atoms with Crippen LogP contribution in [-0.2, 0) is 12.6 Å². The van der Waals surface area contributed by atoms with Crippen molar-refractivity contribution in [3.63, 3.8) is 0 Å². The molecule has 0 bridgehead atoms. The maximum atomic E-state index is 13.4. The van der Waals surface area contributed by atoms with Crippen molar-refractivity contribution < 1.29 is 22.7 Å². The van der Waals surface area contributed by atoms with Gasteiger partial charge in [0.2, 0.25) is 5.95 Å². The van der Waals surface area contributed by atoms with Crippen molar-refractivity contribution in [3.8, 4) is 5.75 Å². The molecule has 1 amide bonds. The van der Waals surface area contributed by atoms with Crippen LogP contribution < -0.4 is 15.4 Å². The van der Waals surface area contributed by atoms with Crippen LogP contribution in [0.25, 0.3) is 11.0 Å². The van der Waals surface area contributed by atoms with Gasteiger partial charge in [0.05, 0.1) is 38.6 Å². The number of carbonyl (C=O) groups excluding carboxylic acids is 1. The maximum Gasteiger partial charge on any atom is 0.418 e. The highest BCUT2D eigenvalue weighted by Gasteiger charge is 2.37. The summed E-state index contributed by atoms with van der Waals surface area (Å²) < 4.78 is 46.4. The summed E-state index contributed by atoms with van der Waals surface area (Å²) in [5, 5.41) is 6.03. The fourth-order valence-corrected chi connectivity index (χ4v) is 4.35. The van der Waals surface area contributed by atoms with Gasteiger partial charge in [-0.15, -0.1) is 0 Å². The molecular formula is C25H20ClF3N4O2. The summed E-state index contributed by atoms with van der Waals surface area (Å²) in [6.45, 7) is 3.74. The molecule has 180 valence electrons. The first-order valence-corrected chi connectivity index (χ1v) is 11.1. The SMILES string of the molecule is CC1(C)Cc2c(c(C(=O)Nc3ccccc3C(F)(F)F)cc3[nH]c(Nc4ccccc4Cl)nc23)O1. The van der Waals surface area contributed by atoms with Crippen LogP contribution in [0, 0.1) is 0 Å². The van der Waals surface area contributed by atoms with E-state index >= 15 is 0 Å². The first kappa shape index (κ1) is 23.0. The molecule has 6 nitrogen and oxygen atoms in total. The van der Waals surface area contributed by atoms with Gasteiger partial charge in [0.15, 0.2) is 0 Å². The van der Waals surface area contributed by atoms with Crippen LogP contribution >= 0.6 is 11.6 Å². The lowest BCUT2D eigenvalue weighted by atomic mass is 9.98. The van der Waals surface area contributed by atoms with Crippen LogP contribution in [0.15, 0.2) is 54.6 Å². The van der Waals surface area contributed by atoms with Gasteiger partial charge in [-0.1, -0.05) is 35.9 Å². The van der Waals surface area contributed by atoms with E-state index in [-0.39, 0.29) is 11.3 Å². The second kappa shape index (κ2) is 8.20. The third-order valence-corrected chi connectivity index (χ3v) is 5.99. The van der Waals surface area contributed by atoms with Crippen LogP contribution in [-0.4, -0.2) is 21.5 Å². The molecule has 2 heterocycles. The Hall–Kier alpha value is -3.72. The number of anilines is 3. The monoisotopic (exact) mass is 500 g/mol. The third kappa shape index (κ3) is 4.39. The molecule has 35 heavy (non-hydrogen) atoms. The van der Waals surface area contributed by atoms with E-state index in [1.165, 1.54) is 24.3 Å². The van der Waals surface area contributed by atoms with Gasteiger partial charge >= 0.3 is 6.18 Å². The first-order chi connectivity index (χ1) is 16.5. The molecule has 0 aliphatic carbocycles. The standard InChI is InChI=1S/C25H20ClF3N4O2/c1-24(2)12-14-20-19(32-23(33-20)31-18-10-6-4-8-16(18)26)11-13(21(14)35-24)22(34)30-17-9-5-3-7-15(17)25(27,28)29/h3-11H,12H2,1-2H3,(H,30,34)(H2,31,32,33). The van der Waals surface area contributed by atoms with Gasteiger partial charge in [-0.2, -0.15) is 13.2 Å². The Morgan fingerprint density at radius 1 is 1.11 bits per heavy atom. The third-order valence-electron chi connectivity index (χ3n) is 5.66. The van der Waals surface area contributed by atoms with Gasteiger partial charge < -0.3 is 20.4 Å². The van der Waals surface area contributed by atoms with Crippen LogP contribution in [0.2, 0.25) is 5.02 Å². The molecule has 0 unspecified atom stereocenters. The number of benzene rings is 3. The predicted molar refractivity (Wildman–Crippen MR) is 129 cm³/mol. The number of amides is 1. The summed E-state index contributed by atoms with van der Waals surface area (Å²) in [6.07, 6.45) is -4.15. The lowest BCUT2D eigenvalue weighted by molar-refractivity contribution is -0.136. The number of aromatic nitrogens is 2. The molecule has 1 aromatic heterocycles. The minimum Gasteiger partial charge on any atom is -0.486 e. The molecule has 1 aliphatic rings. The summed E-state index contributed by atoms with van der Waals surface area (Å²) >= 11 is 6.24. The van der Waals surface area contributed by atoms with Gasteiger partial charge in [0.1, 0.15) is 11.4 Å². The average Bonchev–Trinajstić information content (AvgIpc) is 3.33. The van der Waals surface area contributed by atoms with Crippen molar-refractivity contribution in [2.24, 2.45) is 0 Å². The number of nitrogens with zero attached hydrogens (tertiary/aromatic N) is 1. The van der Waals surface area contributed by atoms with Crippen molar-refractivity contribution in [2.75, 3.05) is 10.6 Å². The number of H-pyrrole nitrogens is 1. The Kier molecular flexibility index (Phi) is 5.40. The number of fused-ring (bicyclic) bond motifs is 3. The summed E-state index contributed by atoms with van der Waals surface area (Å²) in [5.41, 5.74) is 0.713. The second-order valence-corrected chi connectivity index (χ2v) is 9.26. The lowest BCUT2D eigenvalue weighted by Crippen LogP contribution is -2.25. The molecule has 0 fully saturated rings. The van der Waals surface area contributed by atoms with E-state index in [9.17, 15) is 18.0 Å². The molecular weight excluding hydrogens is 481 g/mol. The van der Waals surface area contributed by atoms with Crippen LogP contribution in [0.5, 0.6) is 5.75 Å². The first-order valence-electron chi connectivity index (χ1n) is 10.8. The fraction of sp³-hybridized carbons (Fsp3) is 0.200. The summed E-state index contributed by atoms with van der Waals surface area (Å²) in [4.78, 5) is 21.0. The normalized spacial score (nSPS) is 14.5. The minimum absolute atomic E-state index is 0.114. The van der Waals surface area contributed by atoms with E-state index in [4.69, 9.17) is 16.3 Å². The molecule has 0 saturated heterocycles. The number of carbonyl (C=O) groups is 1. The van der Waals surface area contributed by atoms with E-state index in [0.29, 0.717) is 45.4 Å². The molecule has 0 atom stereocenters. The Morgan fingerprint density at radius 3 is 2.51 bits per heavy atom. The Morgan fingerprint density at radius 2 is 1.80 bits per heavy atom. The number of aromatic amines is 1. The molecule has 0 radical (unpaired) electrons. The van der Waals surface area contributed by atoms with Crippen molar-refractivity contribution in [1.82, 2.24) is 9.97 Å². The lowest BCUT2D eigenvalue weighted by Gasteiger charge is -2.18. The highest BCUT2D eigenvalue weighted by Crippen LogP contribution is 2.43. The molecule has 0 spiro atoms. The molecule has 5 rings (SSSR count). The zero-order chi connectivity index (χ0) is 25.0. The molecule has 4 aromatic rings. The van der Waals surface area contributed by atoms with Gasteiger partial charge in [-0.05, 0) is 44.2 Å². The number of hydrogen-bond acceptors (Lipinski definition) is 4. The minimum atomic E-state index is -4.61. The summed E-state index contributed by atoms with van der Waals surface area (Å²) in [6, 6.07) is 13.5. The highest BCUT2D eigenvalue weighted by molar-refractivity contribution is 6.33. The van der Waals surface area contributed by atoms with Gasteiger partial charge in [-0.25, -0.2) is 4.98 Å². The fourth-order valence-electron chi connectivity index (χ4n) is 4.17. The van der Waals surface area contributed by atoms with Crippen LogP contribution in [0.4, 0.5) is 30.5 Å². The van der Waals surface area contributed by atoms with Crippen LogP contribution in [0.3, 0.4) is 0 Å². The van der Waals surface area contributed by atoms with Gasteiger partial charge in [0, 0.05) is 12.0 Å². The van der Waals surface area contributed by atoms with Gasteiger partial charge in [-0.3, -0.25) is 4.79 Å². The topological polar surface area (TPSA) is 79.0 Å². The van der Waals surface area contributed by atoms with E-state index < -0.39 is 23.2 Å². The van der Waals surface area contributed by atoms with Crippen molar-refractivity contribution in [3.05, 3.63) is 76.3 Å². The van der Waals surface area contributed by atoms with Crippen molar-refractivity contribution in [2.45, 2.75) is 32.0 Å². The Balaban J connectivity index is 1.56. The average molecular weight is 501 g/mol. The summed E-state index contributed by atoms with van der Waals surface area (Å²) in [7, 11) is 0. The molecule has 1 aliphatic heterocycles. The number of nitrogens with one attached hydrogen (secondary N) is 3. The van der Waals surface area contributed by atoms with E-state index in [2.05, 4.69) is 20.6 Å². The largest absolute Gasteiger partial charge is 0.486 e. The molecule has 3 N–H and O–H groups in total. The number of alkyl halides is 3. The van der Waals surface area contributed by atoms with Gasteiger partial charge in [0.25, 0.3) is 5.91 Å².